The largest absolute Gasteiger partial charge is 0.288 e. The molecule has 39 heavy (non-hydrogen) atoms. The molecule has 5 aromatic carbocycles. The van der Waals surface area contributed by atoms with Crippen LogP contribution in [0.25, 0.3) is 24.3 Å². The van der Waals surface area contributed by atoms with Crippen LogP contribution in [0.15, 0.2) is 113 Å². The van der Waals surface area contributed by atoms with Crippen LogP contribution in [0, 0.1) is 20.9 Å². The Morgan fingerprint density at radius 3 is 1.41 bits per heavy atom. The molecule has 2 aliphatic carbocycles. The predicted octanol–water partition coefficient (Wildman–Crippen LogP) is 3.46. The summed E-state index contributed by atoms with van der Waals surface area (Å²) in [5, 5.41) is 9.98. The van der Waals surface area contributed by atoms with E-state index in [1.807, 2.05) is 0 Å². The molecule has 0 aromatic heterocycles. The Morgan fingerprint density at radius 2 is 0.872 bits per heavy atom. The lowest BCUT2D eigenvalue weighted by atomic mass is 9.38. The molecule has 178 valence electrons. The molecule has 0 spiro atoms. The van der Waals surface area contributed by atoms with Gasteiger partial charge in [0.15, 0.2) is 0 Å². The number of aliphatic imine (C=N–C) groups is 2. The zero-order valence-corrected chi connectivity index (χ0v) is 21.1. The molecular formula is C36H21BN2. The number of rotatable bonds is 3. The van der Waals surface area contributed by atoms with Gasteiger partial charge in [0.05, 0.1) is 11.4 Å². The van der Waals surface area contributed by atoms with Gasteiger partial charge >= 0.3 is 0 Å². The van der Waals surface area contributed by atoms with E-state index in [0.29, 0.717) is 0 Å². The van der Waals surface area contributed by atoms with Crippen molar-refractivity contribution in [1.29, 1.82) is 0 Å². The lowest BCUT2D eigenvalue weighted by molar-refractivity contribution is 1.43. The Kier molecular flexibility index (Phi) is 4.17. The molecule has 5 aromatic rings. The molecular weight excluding hydrogens is 471 g/mol. The lowest BCUT2D eigenvalue weighted by Gasteiger charge is -2.12. The lowest BCUT2D eigenvalue weighted by Crippen LogP contribution is -2.44. The van der Waals surface area contributed by atoms with E-state index in [1.165, 1.54) is 58.3 Å². The molecule has 0 saturated carbocycles. The van der Waals surface area contributed by atoms with Crippen molar-refractivity contribution >= 4 is 59.1 Å². The van der Waals surface area contributed by atoms with Gasteiger partial charge in [-0.05, 0) is 55.6 Å². The van der Waals surface area contributed by atoms with Gasteiger partial charge in [-0.25, -0.2) is 0 Å². The highest BCUT2D eigenvalue weighted by molar-refractivity contribution is 7.25. The van der Waals surface area contributed by atoms with E-state index in [1.54, 1.807) is 0 Å². The molecule has 0 fully saturated rings. The fourth-order valence-corrected chi connectivity index (χ4v) is 6.62. The summed E-state index contributed by atoms with van der Waals surface area (Å²) in [6.07, 6.45) is 9.09. The third-order valence-corrected chi connectivity index (χ3v) is 8.41. The van der Waals surface area contributed by atoms with Crippen molar-refractivity contribution in [3.63, 3.8) is 0 Å². The molecule has 2 nitrogen and oxygen atoms in total. The van der Waals surface area contributed by atoms with Gasteiger partial charge in [-0.2, -0.15) is 0 Å². The second kappa shape index (κ2) is 7.75. The first-order chi connectivity index (χ1) is 19.3. The molecule has 0 saturated heterocycles. The molecule has 0 atom stereocenters. The van der Waals surface area contributed by atoms with Crippen LogP contribution in [0.3, 0.4) is 0 Å². The standard InChI is InChI=1S/C36H21BN2/c1-2-10-26(11-3-1)37(33-20-24-14-16-29-27-12-6-4-8-22(27)18-31(29)35(24)38-33)34-21-25-15-17-30-28-13-7-5-9-23(28)19-32(30)36(25)39-34/h1-21H. The van der Waals surface area contributed by atoms with E-state index in [0.717, 1.165) is 22.6 Å². The average Bonchev–Trinajstić information content (AvgIpc) is 3.75. The minimum atomic E-state index is -0.0511. The third kappa shape index (κ3) is 2.99. The minimum Gasteiger partial charge on any atom is -0.261 e. The van der Waals surface area contributed by atoms with E-state index in [4.69, 9.17) is 9.98 Å². The smallest absolute Gasteiger partial charge is 0.261 e. The van der Waals surface area contributed by atoms with Crippen LogP contribution >= 0.6 is 0 Å². The van der Waals surface area contributed by atoms with Crippen molar-refractivity contribution in [2.75, 3.05) is 0 Å². The van der Waals surface area contributed by atoms with Crippen molar-refractivity contribution in [1.82, 2.24) is 0 Å². The molecule has 4 aliphatic rings. The fraction of sp³-hybridized carbons (Fsp3) is 0. The maximum absolute atomic E-state index is 5.32. The normalized spacial score (nSPS) is 14.3. The second-order valence-corrected chi connectivity index (χ2v) is 10.6. The minimum absolute atomic E-state index is 0.0511. The van der Waals surface area contributed by atoms with Crippen molar-refractivity contribution in [2.45, 2.75) is 0 Å². The van der Waals surface area contributed by atoms with Crippen molar-refractivity contribution < 1.29 is 0 Å². The highest BCUT2D eigenvalue weighted by Crippen LogP contribution is 2.26. The summed E-state index contributed by atoms with van der Waals surface area (Å²) >= 11 is 0. The maximum Gasteiger partial charge on any atom is 0.288 e. The van der Waals surface area contributed by atoms with Crippen LogP contribution in [-0.4, -0.2) is 17.9 Å². The van der Waals surface area contributed by atoms with Crippen molar-refractivity contribution in [3.8, 4) is 0 Å². The number of fused-ring (bicyclic) bond motifs is 8. The quantitative estimate of drug-likeness (QED) is 0.338. The van der Waals surface area contributed by atoms with E-state index in [2.05, 4.69) is 127 Å². The average molecular weight is 492 g/mol. The van der Waals surface area contributed by atoms with Crippen molar-refractivity contribution in [3.05, 3.63) is 156 Å². The fourth-order valence-electron chi connectivity index (χ4n) is 6.62. The number of benzene rings is 5. The Hall–Kier alpha value is -5.02. The maximum atomic E-state index is 5.32. The van der Waals surface area contributed by atoms with Crippen LogP contribution in [0.1, 0.15) is 11.1 Å². The Morgan fingerprint density at radius 1 is 0.385 bits per heavy atom. The topological polar surface area (TPSA) is 24.7 Å². The molecule has 2 aliphatic heterocycles. The first kappa shape index (κ1) is 21.0. The van der Waals surface area contributed by atoms with Gasteiger partial charge in [0.2, 0.25) is 0 Å². The van der Waals surface area contributed by atoms with Gasteiger partial charge in [0.25, 0.3) is 6.71 Å². The zero-order chi connectivity index (χ0) is 25.5. The number of nitrogens with zero attached hydrogens (tertiary/aromatic N) is 2. The Labute approximate surface area is 224 Å². The molecule has 9 rings (SSSR count). The number of hydrogen-bond acceptors (Lipinski definition) is 2. The van der Waals surface area contributed by atoms with Crippen LogP contribution in [0.4, 0.5) is 11.4 Å². The third-order valence-electron chi connectivity index (χ3n) is 8.41. The van der Waals surface area contributed by atoms with Crippen LogP contribution in [0.5, 0.6) is 0 Å². The molecule has 0 amide bonds. The van der Waals surface area contributed by atoms with Gasteiger partial charge < -0.3 is 0 Å². The predicted molar refractivity (Wildman–Crippen MR) is 162 cm³/mol. The molecule has 0 bridgehead atoms. The zero-order valence-electron chi connectivity index (χ0n) is 21.1. The van der Waals surface area contributed by atoms with Crippen LogP contribution in [-0.2, 0) is 0 Å². The van der Waals surface area contributed by atoms with Crippen molar-refractivity contribution in [2.24, 2.45) is 9.98 Å². The van der Waals surface area contributed by atoms with Gasteiger partial charge in [-0.15, -0.1) is 0 Å². The molecule has 3 heteroatoms. The van der Waals surface area contributed by atoms with E-state index >= 15 is 0 Å². The van der Waals surface area contributed by atoms with E-state index in [9.17, 15) is 0 Å². The Balaban J connectivity index is 1.24. The molecule has 0 N–H and O–H groups in total. The SMILES string of the molecule is C1=c2ccc3c(c2N=C1B(C1=Nc2c4c(ccc2=C1)=c1ccccc1=C4)c1ccccc1)C=c1ccccc1=3. The summed E-state index contributed by atoms with van der Waals surface area (Å²) in [4.78, 5) is 10.6. The number of hydrogen-bond donors (Lipinski definition) is 0. The Bertz CT molecular complexity index is 2280. The first-order valence-corrected chi connectivity index (χ1v) is 13.5. The van der Waals surface area contributed by atoms with Gasteiger partial charge in [-0.3, -0.25) is 9.98 Å². The van der Waals surface area contributed by atoms with Gasteiger partial charge in [-0.1, -0.05) is 109 Å². The second-order valence-electron chi connectivity index (χ2n) is 10.6. The van der Waals surface area contributed by atoms with Crippen LogP contribution < -0.4 is 26.3 Å². The first-order valence-electron chi connectivity index (χ1n) is 13.5. The summed E-state index contributed by atoms with van der Waals surface area (Å²) < 4.78 is 0. The monoisotopic (exact) mass is 492 g/mol. The van der Waals surface area contributed by atoms with Gasteiger partial charge in [0, 0.05) is 32.8 Å². The summed E-state index contributed by atoms with van der Waals surface area (Å²) in [5.74, 6) is 0. The highest BCUT2D eigenvalue weighted by Gasteiger charge is 2.31. The summed E-state index contributed by atoms with van der Waals surface area (Å²) in [6, 6.07) is 36.8. The highest BCUT2D eigenvalue weighted by atomic mass is 14.8. The molecule has 2 heterocycles. The summed E-state index contributed by atoms with van der Waals surface area (Å²) in [7, 11) is 0. The summed E-state index contributed by atoms with van der Waals surface area (Å²) in [6.45, 7) is -0.0511. The van der Waals surface area contributed by atoms with E-state index in [-0.39, 0.29) is 6.71 Å². The van der Waals surface area contributed by atoms with E-state index < -0.39 is 0 Å². The molecule has 0 unspecified atom stereocenters. The molecule has 0 radical (unpaired) electrons. The van der Waals surface area contributed by atoms with Gasteiger partial charge in [0.1, 0.15) is 0 Å². The van der Waals surface area contributed by atoms with Crippen LogP contribution in [0.2, 0.25) is 0 Å². The summed E-state index contributed by atoms with van der Waals surface area (Å²) in [5.41, 5.74) is 7.87.